The number of hydrogen-bond acceptors (Lipinski definition) is 2. The van der Waals surface area contributed by atoms with Crippen LogP contribution in [-0.4, -0.2) is 4.98 Å². The van der Waals surface area contributed by atoms with Crippen LogP contribution in [0.2, 0.25) is 0 Å². The van der Waals surface area contributed by atoms with Crippen molar-refractivity contribution in [2.75, 3.05) is 0 Å². The third-order valence-electron chi connectivity index (χ3n) is 1.80. The average molecular weight is 207 g/mol. The van der Waals surface area contributed by atoms with Gasteiger partial charge in [0.05, 0.1) is 5.35 Å². The molecule has 0 amide bonds. The van der Waals surface area contributed by atoms with Gasteiger partial charge in [-0.25, -0.2) is 4.79 Å². The standard InChI is InChI=1S/C9H9NO2.C3H8/c1-6-3-2-4-7-8(5-6)12-9(11)10-7;1-3-2/h2-6H,1H3,(H,10,11);3H2,1-2H3. The van der Waals surface area contributed by atoms with Gasteiger partial charge in [0.2, 0.25) is 0 Å². The fraction of sp³-hybridized carbons (Fsp3) is 0.417. The van der Waals surface area contributed by atoms with Gasteiger partial charge in [-0.15, -0.1) is 0 Å². The molecule has 0 spiro atoms. The highest BCUT2D eigenvalue weighted by molar-refractivity contribution is 5.41. The molecule has 0 aromatic carbocycles. The van der Waals surface area contributed by atoms with Crippen LogP contribution < -0.4 is 16.5 Å². The van der Waals surface area contributed by atoms with Crippen LogP contribution in [0.25, 0.3) is 12.2 Å². The molecule has 1 aliphatic rings. The third-order valence-corrected chi connectivity index (χ3v) is 1.80. The van der Waals surface area contributed by atoms with Crippen molar-refractivity contribution in [1.29, 1.82) is 0 Å². The highest BCUT2D eigenvalue weighted by Gasteiger charge is 1.99. The van der Waals surface area contributed by atoms with Crippen LogP contribution in [0.15, 0.2) is 21.4 Å². The Morgan fingerprint density at radius 1 is 1.47 bits per heavy atom. The van der Waals surface area contributed by atoms with Crippen LogP contribution in [0.1, 0.15) is 27.2 Å². The number of aromatic amines is 1. The second-order valence-electron chi connectivity index (χ2n) is 3.58. The second-order valence-corrected chi connectivity index (χ2v) is 3.58. The summed E-state index contributed by atoms with van der Waals surface area (Å²) in [6, 6.07) is 0. The van der Waals surface area contributed by atoms with Gasteiger partial charge in [-0.05, 0) is 18.1 Å². The maximum atomic E-state index is 10.8. The normalized spacial score (nSPS) is 17.7. The number of H-pyrrole nitrogens is 1. The van der Waals surface area contributed by atoms with Gasteiger partial charge in [-0.3, -0.25) is 4.98 Å². The summed E-state index contributed by atoms with van der Waals surface area (Å²) in [4.78, 5) is 13.4. The molecule has 1 aromatic rings. The van der Waals surface area contributed by atoms with Gasteiger partial charge in [0.25, 0.3) is 0 Å². The molecule has 1 unspecified atom stereocenters. The molecule has 3 nitrogen and oxygen atoms in total. The van der Waals surface area contributed by atoms with Gasteiger partial charge < -0.3 is 4.42 Å². The van der Waals surface area contributed by atoms with Gasteiger partial charge >= 0.3 is 5.76 Å². The maximum Gasteiger partial charge on any atom is 0.417 e. The minimum absolute atomic E-state index is 0.307. The lowest BCUT2D eigenvalue weighted by Crippen LogP contribution is -2.21. The number of aromatic nitrogens is 1. The molecule has 0 aliphatic heterocycles. The quantitative estimate of drug-likeness (QED) is 0.693. The predicted octanol–water partition coefficient (Wildman–Crippen LogP) is 1.15. The van der Waals surface area contributed by atoms with Crippen LogP contribution in [-0.2, 0) is 0 Å². The molecule has 3 heteroatoms. The van der Waals surface area contributed by atoms with Crippen molar-refractivity contribution in [2.24, 2.45) is 5.92 Å². The molecule has 0 saturated carbocycles. The zero-order valence-corrected chi connectivity index (χ0v) is 9.41. The highest BCUT2D eigenvalue weighted by atomic mass is 16.4. The van der Waals surface area contributed by atoms with E-state index < -0.39 is 5.76 Å². The van der Waals surface area contributed by atoms with Gasteiger partial charge in [-0.1, -0.05) is 39.3 Å². The Balaban J connectivity index is 0.000000337. The van der Waals surface area contributed by atoms with E-state index in [4.69, 9.17) is 4.42 Å². The lowest BCUT2D eigenvalue weighted by molar-refractivity contribution is 0.483. The zero-order valence-electron chi connectivity index (χ0n) is 9.41. The first-order valence-electron chi connectivity index (χ1n) is 5.26. The summed E-state index contributed by atoms with van der Waals surface area (Å²) in [5.74, 6) is -0.0866. The predicted molar refractivity (Wildman–Crippen MR) is 61.8 cm³/mol. The van der Waals surface area contributed by atoms with Crippen molar-refractivity contribution < 1.29 is 4.42 Å². The minimum atomic E-state index is -0.394. The van der Waals surface area contributed by atoms with E-state index in [1.165, 1.54) is 6.42 Å². The molecule has 0 bridgehead atoms. The van der Waals surface area contributed by atoms with Crippen molar-refractivity contribution in [1.82, 2.24) is 4.98 Å². The highest BCUT2D eigenvalue weighted by Crippen LogP contribution is 1.99. The molecule has 82 valence electrons. The molecule has 1 atom stereocenters. The fourth-order valence-electron chi connectivity index (χ4n) is 1.22. The third kappa shape index (κ3) is 3.27. The van der Waals surface area contributed by atoms with Crippen molar-refractivity contribution in [3.8, 4) is 0 Å². The van der Waals surface area contributed by atoms with E-state index in [2.05, 4.69) is 18.8 Å². The topological polar surface area (TPSA) is 46.0 Å². The smallest absolute Gasteiger partial charge is 0.408 e. The number of allylic oxidation sites excluding steroid dienone is 2. The van der Waals surface area contributed by atoms with Gasteiger partial charge in [0, 0.05) is 0 Å². The first-order valence-corrected chi connectivity index (χ1v) is 5.26. The number of hydrogen-bond donors (Lipinski definition) is 1. The minimum Gasteiger partial charge on any atom is -0.408 e. The van der Waals surface area contributed by atoms with Gasteiger partial charge in [0.15, 0.2) is 5.42 Å². The van der Waals surface area contributed by atoms with Gasteiger partial charge in [0.1, 0.15) is 0 Å². The van der Waals surface area contributed by atoms with E-state index in [1.54, 1.807) is 0 Å². The molecule has 1 aromatic heterocycles. The van der Waals surface area contributed by atoms with E-state index in [0.29, 0.717) is 11.3 Å². The van der Waals surface area contributed by atoms with Crippen molar-refractivity contribution >= 4 is 12.2 Å². The molecule has 2 rings (SSSR count). The summed E-state index contributed by atoms with van der Waals surface area (Å²) in [5, 5.41) is 0.751. The SMILES string of the molecule is CC1C=CC=c2[nH]c(=O)oc2=C1.CCC. The van der Waals surface area contributed by atoms with E-state index in [-0.39, 0.29) is 0 Å². The fourth-order valence-corrected chi connectivity index (χ4v) is 1.22. The molecule has 0 saturated heterocycles. The van der Waals surface area contributed by atoms with Crippen molar-refractivity contribution in [2.45, 2.75) is 27.2 Å². The Morgan fingerprint density at radius 3 is 2.80 bits per heavy atom. The maximum absolute atomic E-state index is 10.8. The van der Waals surface area contributed by atoms with Crippen LogP contribution in [0.3, 0.4) is 0 Å². The molecule has 0 fully saturated rings. The zero-order chi connectivity index (χ0) is 11.3. The average Bonchev–Trinajstić information content (AvgIpc) is 2.39. The second kappa shape index (κ2) is 5.39. The molecule has 0 radical (unpaired) electrons. The largest absolute Gasteiger partial charge is 0.417 e. The van der Waals surface area contributed by atoms with Crippen molar-refractivity contribution in [3.05, 3.63) is 33.5 Å². The Labute approximate surface area is 88.8 Å². The lowest BCUT2D eigenvalue weighted by atomic mass is 10.2. The number of rotatable bonds is 0. The Morgan fingerprint density at radius 2 is 2.13 bits per heavy atom. The number of oxazole rings is 1. The summed E-state index contributed by atoms with van der Waals surface area (Å²) in [6.07, 6.45) is 8.94. The molecule has 1 heterocycles. The molecular weight excluding hydrogens is 190 g/mol. The molecular formula is C12H17NO2. The summed E-state index contributed by atoms with van der Waals surface area (Å²) >= 11 is 0. The van der Waals surface area contributed by atoms with Crippen LogP contribution in [0.4, 0.5) is 0 Å². The lowest BCUT2D eigenvalue weighted by Gasteiger charge is -1.90. The van der Waals surface area contributed by atoms with E-state index in [9.17, 15) is 4.79 Å². The number of fused-ring (bicyclic) bond motifs is 1. The van der Waals surface area contributed by atoms with Crippen LogP contribution in [0, 0.1) is 5.92 Å². The summed E-state index contributed by atoms with van der Waals surface area (Å²) < 4.78 is 4.92. The van der Waals surface area contributed by atoms with Crippen molar-refractivity contribution in [3.63, 3.8) is 0 Å². The van der Waals surface area contributed by atoms with Crippen LogP contribution >= 0.6 is 0 Å². The first-order chi connectivity index (χ1) is 7.17. The number of nitrogens with one attached hydrogen (secondary N) is 1. The Kier molecular flexibility index (Phi) is 4.16. The van der Waals surface area contributed by atoms with E-state index in [1.807, 2.05) is 31.2 Å². The summed E-state index contributed by atoms with van der Waals surface area (Å²) in [5.41, 5.74) is 0.637. The Hall–Kier alpha value is -1.51. The molecule has 15 heavy (non-hydrogen) atoms. The van der Waals surface area contributed by atoms with E-state index >= 15 is 0 Å². The van der Waals surface area contributed by atoms with Crippen LogP contribution in [0.5, 0.6) is 0 Å². The summed E-state index contributed by atoms with van der Waals surface area (Å²) in [7, 11) is 0. The van der Waals surface area contributed by atoms with Gasteiger partial charge in [-0.2, -0.15) is 0 Å². The Bertz CT molecular complexity index is 490. The summed E-state index contributed by atoms with van der Waals surface area (Å²) in [6.45, 7) is 6.28. The molecule has 1 N–H and O–H groups in total. The molecule has 1 aliphatic carbocycles. The van der Waals surface area contributed by atoms with E-state index in [0.717, 1.165) is 5.35 Å². The monoisotopic (exact) mass is 207 g/mol. The first kappa shape index (κ1) is 11.6.